The van der Waals surface area contributed by atoms with Crippen LogP contribution in [0.25, 0.3) is 0 Å². The molecule has 7 heteroatoms. The van der Waals surface area contributed by atoms with E-state index in [2.05, 4.69) is 4.72 Å². The van der Waals surface area contributed by atoms with Crippen LogP contribution in [-0.2, 0) is 14.8 Å². The summed E-state index contributed by atoms with van der Waals surface area (Å²) in [6.07, 6.45) is 0.262. The Morgan fingerprint density at radius 1 is 1.64 bits per heavy atom. The molecule has 1 unspecified atom stereocenters. The molecule has 0 saturated heterocycles. The Bertz CT molecular complexity index is 277. The summed E-state index contributed by atoms with van der Waals surface area (Å²) >= 11 is 0. The van der Waals surface area contributed by atoms with Gasteiger partial charge < -0.3 is 9.84 Å². The maximum Gasteiger partial charge on any atom is 0.225 e. The zero-order valence-electron chi connectivity index (χ0n) is 7.93. The van der Waals surface area contributed by atoms with Crippen LogP contribution in [0.5, 0.6) is 0 Å². The smallest absolute Gasteiger partial charge is 0.225 e. The summed E-state index contributed by atoms with van der Waals surface area (Å²) in [6.45, 7) is 0.0360. The van der Waals surface area contributed by atoms with Crippen molar-refractivity contribution < 1.29 is 18.3 Å². The first kappa shape index (κ1) is 13.3. The summed E-state index contributed by atoms with van der Waals surface area (Å²) in [5, 5.41) is 16.9. The minimum absolute atomic E-state index is 0.136. The van der Waals surface area contributed by atoms with Crippen LogP contribution in [0.1, 0.15) is 6.42 Å². The molecular formula is C7H14N2O4S. The molecule has 82 valence electrons. The van der Waals surface area contributed by atoms with Crippen LogP contribution < -0.4 is 4.72 Å². The third kappa shape index (κ3) is 5.88. The van der Waals surface area contributed by atoms with E-state index in [1.54, 1.807) is 6.07 Å². The van der Waals surface area contributed by atoms with Crippen LogP contribution in [0.3, 0.4) is 0 Å². The molecular weight excluding hydrogens is 208 g/mol. The van der Waals surface area contributed by atoms with Crippen LogP contribution in [0.15, 0.2) is 0 Å². The van der Waals surface area contributed by atoms with Gasteiger partial charge in [0.05, 0.1) is 12.7 Å². The summed E-state index contributed by atoms with van der Waals surface area (Å²) in [5.41, 5.74) is 0. The van der Waals surface area contributed by atoms with E-state index in [1.807, 2.05) is 0 Å². The number of ether oxygens (including phenoxy) is 1. The number of aliphatic hydroxyl groups excluding tert-OH is 1. The summed E-state index contributed by atoms with van der Waals surface area (Å²) in [4.78, 5) is 0. The van der Waals surface area contributed by atoms with Gasteiger partial charge in [0, 0.05) is 19.8 Å². The fourth-order valence-electron chi connectivity index (χ4n) is 0.914. The Morgan fingerprint density at radius 3 is 2.71 bits per heavy atom. The second-order valence-corrected chi connectivity index (χ2v) is 4.45. The summed E-state index contributed by atoms with van der Waals surface area (Å²) in [6, 6.07) is 1.06. The molecule has 0 aromatic rings. The molecule has 0 bridgehead atoms. The predicted octanol–water partition coefficient (Wildman–Crippen LogP) is -1.17. The van der Waals surface area contributed by atoms with Gasteiger partial charge in [-0.25, -0.2) is 13.1 Å². The molecule has 0 radical (unpaired) electrons. The van der Waals surface area contributed by atoms with Crippen molar-refractivity contribution in [2.75, 3.05) is 26.1 Å². The van der Waals surface area contributed by atoms with E-state index >= 15 is 0 Å². The van der Waals surface area contributed by atoms with Gasteiger partial charge in [0.1, 0.15) is 0 Å². The monoisotopic (exact) mass is 222 g/mol. The first-order valence-corrected chi connectivity index (χ1v) is 5.67. The number of sulfonamides is 1. The van der Waals surface area contributed by atoms with Gasteiger partial charge in [-0.05, 0) is 6.42 Å². The van der Waals surface area contributed by atoms with E-state index < -0.39 is 21.8 Å². The second-order valence-electron chi connectivity index (χ2n) is 2.70. The highest BCUT2D eigenvalue weighted by Gasteiger charge is 2.16. The molecule has 0 amide bonds. The highest BCUT2D eigenvalue weighted by molar-refractivity contribution is 7.89. The van der Waals surface area contributed by atoms with Crippen molar-refractivity contribution in [3.63, 3.8) is 0 Å². The quantitative estimate of drug-likeness (QED) is 0.565. The molecule has 0 aliphatic carbocycles. The van der Waals surface area contributed by atoms with Gasteiger partial charge in [0.25, 0.3) is 0 Å². The summed E-state index contributed by atoms with van der Waals surface area (Å²) in [7, 11) is -2.14. The lowest BCUT2D eigenvalue weighted by Crippen LogP contribution is -2.39. The second kappa shape index (κ2) is 6.73. The lowest BCUT2D eigenvalue weighted by atomic mass is 10.2. The highest BCUT2D eigenvalue weighted by atomic mass is 32.2. The predicted molar refractivity (Wildman–Crippen MR) is 49.9 cm³/mol. The van der Waals surface area contributed by atoms with E-state index in [-0.39, 0.29) is 19.6 Å². The minimum Gasteiger partial charge on any atom is -0.396 e. The molecule has 0 spiro atoms. The van der Waals surface area contributed by atoms with Crippen LogP contribution in [-0.4, -0.2) is 45.6 Å². The van der Waals surface area contributed by atoms with Gasteiger partial charge in [-0.3, -0.25) is 0 Å². The number of nitriles is 1. The first-order valence-electron chi connectivity index (χ1n) is 4.02. The maximum absolute atomic E-state index is 11.1. The molecule has 6 nitrogen and oxygen atoms in total. The van der Waals surface area contributed by atoms with Crippen molar-refractivity contribution in [3.8, 4) is 6.07 Å². The van der Waals surface area contributed by atoms with Crippen LogP contribution in [0.4, 0.5) is 0 Å². The number of nitrogens with zero attached hydrogens (tertiary/aromatic N) is 1. The first-order chi connectivity index (χ1) is 6.55. The fourth-order valence-corrected chi connectivity index (χ4v) is 1.86. The van der Waals surface area contributed by atoms with E-state index in [9.17, 15) is 8.42 Å². The highest BCUT2D eigenvalue weighted by Crippen LogP contribution is 1.95. The Morgan fingerprint density at radius 2 is 2.29 bits per heavy atom. The SMILES string of the molecule is COCC(CCO)NS(=O)(=O)CC#N. The van der Waals surface area contributed by atoms with Crippen molar-refractivity contribution in [3.05, 3.63) is 0 Å². The van der Waals surface area contributed by atoms with Crippen molar-refractivity contribution in [2.45, 2.75) is 12.5 Å². The minimum atomic E-state index is -3.58. The number of hydrogen-bond acceptors (Lipinski definition) is 5. The van der Waals surface area contributed by atoms with E-state index in [4.69, 9.17) is 15.1 Å². The Balaban J connectivity index is 4.22. The van der Waals surface area contributed by atoms with E-state index in [1.165, 1.54) is 7.11 Å². The number of hydrogen-bond donors (Lipinski definition) is 2. The molecule has 0 aromatic carbocycles. The standard InChI is InChI=1S/C7H14N2O4S/c1-13-6-7(2-4-10)9-14(11,12)5-3-8/h7,9-10H,2,4-6H2,1H3. The molecule has 0 heterocycles. The Hall–Kier alpha value is -0.680. The molecule has 0 rings (SSSR count). The Labute approximate surface area is 83.5 Å². The maximum atomic E-state index is 11.1. The molecule has 1 atom stereocenters. The van der Waals surface area contributed by atoms with E-state index in [0.29, 0.717) is 0 Å². The number of aliphatic hydroxyl groups is 1. The number of nitrogens with one attached hydrogen (secondary N) is 1. The van der Waals surface area contributed by atoms with Gasteiger partial charge in [-0.15, -0.1) is 0 Å². The lowest BCUT2D eigenvalue weighted by molar-refractivity contribution is 0.158. The zero-order chi connectivity index (χ0) is 11.0. The van der Waals surface area contributed by atoms with Gasteiger partial charge >= 0.3 is 0 Å². The van der Waals surface area contributed by atoms with Gasteiger partial charge in [0.15, 0.2) is 5.75 Å². The normalized spacial score (nSPS) is 13.5. The molecule has 2 N–H and O–H groups in total. The van der Waals surface area contributed by atoms with Crippen LogP contribution >= 0.6 is 0 Å². The summed E-state index contributed by atoms with van der Waals surface area (Å²) < 4.78 is 29.3. The van der Waals surface area contributed by atoms with Crippen molar-refractivity contribution in [1.82, 2.24) is 4.72 Å². The van der Waals surface area contributed by atoms with Crippen molar-refractivity contribution in [2.24, 2.45) is 0 Å². The largest absolute Gasteiger partial charge is 0.396 e. The fraction of sp³-hybridized carbons (Fsp3) is 0.857. The zero-order valence-corrected chi connectivity index (χ0v) is 8.75. The van der Waals surface area contributed by atoms with Gasteiger partial charge in [0.2, 0.25) is 10.0 Å². The third-order valence-corrected chi connectivity index (χ3v) is 2.65. The van der Waals surface area contributed by atoms with Gasteiger partial charge in [-0.1, -0.05) is 0 Å². The molecule has 0 saturated carbocycles. The third-order valence-electron chi connectivity index (χ3n) is 1.45. The van der Waals surface area contributed by atoms with Crippen molar-refractivity contribution in [1.29, 1.82) is 5.26 Å². The number of methoxy groups -OCH3 is 1. The summed E-state index contributed by atoms with van der Waals surface area (Å²) in [5.74, 6) is -0.585. The average Bonchev–Trinajstić information content (AvgIpc) is 2.03. The lowest BCUT2D eigenvalue weighted by Gasteiger charge is -2.15. The van der Waals surface area contributed by atoms with Crippen molar-refractivity contribution >= 4 is 10.0 Å². The molecule has 0 aliphatic rings. The molecule has 0 fully saturated rings. The topological polar surface area (TPSA) is 99.4 Å². The number of rotatable bonds is 7. The molecule has 0 aromatic heterocycles. The van der Waals surface area contributed by atoms with E-state index in [0.717, 1.165) is 0 Å². The Kier molecular flexibility index (Phi) is 6.40. The van der Waals surface area contributed by atoms with Crippen LogP contribution in [0.2, 0.25) is 0 Å². The molecule has 14 heavy (non-hydrogen) atoms. The van der Waals surface area contributed by atoms with Crippen LogP contribution in [0, 0.1) is 11.3 Å². The average molecular weight is 222 g/mol. The van der Waals surface area contributed by atoms with Gasteiger partial charge in [-0.2, -0.15) is 5.26 Å². The molecule has 0 aliphatic heterocycles.